The van der Waals surface area contributed by atoms with E-state index >= 15 is 0 Å². The first-order chi connectivity index (χ1) is 9.83. The van der Waals surface area contributed by atoms with Crippen LogP contribution in [0.15, 0.2) is 30.6 Å². The maximum absolute atomic E-state index is 10.7. The van der Waals surface area contributed by atoms with Crippen molar-refractivity contribution in [2.45, 2.75) is 0 Å². The Bertz CT molecular complexity index is 761. The predicted octanol–water partition coefficient (Wildman–Crippen LogP) is 0.495. The first kappa shape index (κ1) is 14.6. The van der Waals surface area contributed by atoms with E-state index in [9.17, 15) is 13.2 Å². The van der Waals surface area contributed by atoms with Crippen molar-refractivity contribution in [3.63, 3.8) is 0 Å². The van der Waals surface area contributed by atoms with Crippen molar-refractivity contribution in [2.75, 3.05) is 5.32 Å². The van der Waals surface area contributed by atoms with Crippen LogP contribution in [0.5, 0.6) is 6.01 Å². The zero-order chi connectivity index (χ0) is 15.5. The largest absolute Gasteiger partial charge is 0.478 e. The lowest BCUT2D eigenvalue weighted by molar-refractivity contribution is 0.0697. The number of nitrogens with one attached hydrogen (secondary N) is 1. The molecule has 0 aliphatic carbocycles. The topological polar surface area (TPSA) is 152 Å². The fourth-order valence-electron chi connectivity index (χ4n) is 1.30. The van der Waals surface area contributed by atoms with E-state index in [1.807, 2.05) is 0 Å². The van der Waals surface area contributed by atoms with Crippen molar-refractivity contribution in [1.82, 2.24) is 15.0 Å². The zero-order valence-corrected chi connectivity index (χ0v) is 11.0. The number of benzene rings is 1. The predicted molar refractivity (Wildman–Crippen MR) is 68.7 cm³/mol. The zero-order valence-electron chi connectivity index (χ0n) is 10.2. The van der Waals surface area contributed by atoms with Gasteiger partial charge in [-0.3, -0.25) is 4.55 Å². The molecule has 0 saturated carbocycles. The monoisotopic (exact) mass is 312 g/mol. The van der Waals surface area contributed by atoms with E-state index < -0.39 is 22.4 Å². The van der Waals surface area contributed by atoms with E-state index in [2.05, 4.69) is 24.5 Å². The number of hydrogen-bond acceptors (Lipinski definition) is 8. The molecule has 0 radical (unpaired) electrons. The van der Waals surface area contributed by atoms with E-state index in [0.29, 0.717) is 5.69 Å². The molecule has 0 saturated heterocycles. The van der Waals surface area contributed by atoms with E-state index in [1.165, 1.54) is 24.3 Å². The molecule has 0 amide bonds. The summed E-state index contributed by atoms with van der Waals surface area (Å²) in [4.78, 5) is 21.4. The molecule has 0 atom stereocenters. The average molecular weight is 312 g/mol. The van der Waals surface area contributed by atoms with Crippen LogP contribution in [0.2, 0.25) is 0 Å². The number of anilines is 2. The lowest BCUT2D eigenvalue weighted by Gasteiger charge is -2.05. The standard InChI is InChI=1S/C10H8N4O6S/c15-8(16)6-1-3-7(4-2-6)13-9-11-5-12-10(14-9)20-21(17,18)19/h1-5H,(H,15,16)(H,17,18,19)(H,11,12,13,14). The number of carbonyl (C=O) groups is 1. The van der Waals surface area contributed by atoms with E-state index in [-0.39, 0.29) is 11.5 Å². The summed E-state index contributed by atoms with van der Waals surface area (Å²) in [5.41, 5.74) is 0.565. The van der Waals surface area contributed by atoms with E-state index in [4.69, 9.17) is 9.66 Å². The van der Waals surface area contributed by atoms with Gasteiger partial charge in [0.05, 0.1) is 5.56 Å². The van der Waals surface area contributed by atoms with Gasteiger partial charge in [-0.25, -0.2) is 9.78 Å². The molecular formula is C10H8N4O6S. The third-order valence-corrected chi connectivity index (χ3v) is 2.48. The van der Waals surface area contributed by atoms with Crippen LogP contribution in [-0.2, 0) is 10.4 Å². The number of hydrogen-bond donors (Lipinski definition) is 3. The van der Waals surface area contributed by atoms with Crippen LogP contribution in [0.3, 0.4) is 0 Å². The van der Waals surface area contributed by atoms with Gasteiger partial charge in [0.2, 0.25) is 5.95 Å². The number of aromatic carboxylic acids is 1. The van der Waals surface area contributed by atoms with Crippen molar-refractivity contribution in [3.05, 3.63) is 36.2 Å². The Morgan fingerprint density at radius 3 is 2.43 bits per heavy atom. The van der Waals surface area contributed by atoms with E-state index in [0.717, 1.165) is 6.33 Å². The molecule has 0 unspecified atom stereocenters. The normalized spacial score (nSPS) is 10.9. The smallest absolute Gasteiger partial charge is 0.449 e. The van der Waals surface area contributed by atoms with Gasteiger partial charge >= 0.3 is 22.4 Å². The van der Waals surface area contributed by atoms with Gasteiger partial charge in [-0.05, 0) is 24.3 Å². The third-order valence-electron chi connectivity index (χ3n) is 2.12. The highest BCUT2D eigenvalue weighted by Gasteiger charge is 2.11. The minimum atomic E-state index is -4.73. The number of rotatable bonds is 5. The van der Waals surface area contributed by atoms with Gasteiger partial charge in [0, 0.05) is 5.69 Å². The molecule has 3 N–H and O–H groups in total. The highest BCUT2D eigenvalue weighted by atomic mass is 32.3. The van der Waals surface area contributed by atoms with Crippen molar-refractivity contribution < 1.29 is 27.1 Å². The van der Waals surface area contributed by atoms with Crippen LogP contribution in [0.25, 0.3) is 0 Å². The Balaban J connectivity index is 2.16. The van der Waals surface area contributed by atoms with Crippen LogP contribution in [0.4, 0.5) is 11.6 Å². The van der Waals surface area contributed by atoms with Crippen LogP contribution in [-0.4, -0.2) is 39.0 Å². The molecule has 1 aromatic heterocycles. The molecule has 2 rings (SSSR count). The molecule has 0 spiro atoms. The average Bonchev–Trinajstić information content (AvgIpc) is 2.37. The summed E-state index contributed by atoms with van der Waals surface area (Å²) in [6.07, 6.45) is 0.974. The number of carboxylic acids is 1. The number of nitrogens with zero attached hydrogens (tertiary/aromatic N) is 3. The molecule has 11 heteroatoms. The molecule has 0 fully saturated rings. The van der Waals surface area contributed by atoms with Crippen LogP contribution in [0, 0.1) is 0 Å². The summed E-state index contributed by atoms with van der Waals surface area (Å²) in [5, 5.41) is 11.4. The van der Waals surface area contributed by atoms with Crippen LogP contribution < -0.4 is 9.50 Å². The molecule has 10 nitrogen and oxygen atoms in total. The van der Waals surface area contributed by atoms with Gasteiger partial charge in [0.1, 0.15) is 6.33 Å². The summed E-state index contributed by atoms with van der Waals surface area (Å²) in [7, 11) is -4.73. The van der Waals surface area contributed by atoms with Gasteiger partial charge in [-0.1, -0.05) is 0 Å². The maximum atomic E-state index is 10.7. The van der Waals surface area contributed by atoms with Crippen molar-refractivity contribution in [1.29, 1.82) is 0 Å². The fraction of sp³-hybridized carbons (Fsp3) is 0. The third kappa shape index (κ3) is 4.36. The summed E-state index contributed by atoms with van der Waals surface area (Å²) in [6.45, 7) is 0. The summed E-state index contributed by atoms with van der Waals surface area (Å²) in [6, 6.07) is 5.05. The quantitative estimate of drug-likeness (QED) is 0.665. The van der Waals surface area contributed by atoms with Gasteiger partial charge in [0.15, 0.2) is 0 Å². The second-order valence-electron chi connectivity index (χ2n) is 3.61. The highest BCUT2D eigenvalue weighted by molar-refractivity contribution is 7.81. The Morgan fingerprint density at radius 2 is 1.86 bits per heavy atom. The molecule has 0 aliphatic heterocycles. The molecule has 2 aromatic rings. The van der Waals surface area contributed by atoms with Gasteiger partial charge in [0.25, 0.3) is 0 Å². The molecule has 110 valence electrons. The number of carboxylic acid groups (broad SMARTS) is 1. The maximum Gasteiger partial charge on any atom is 0.449 e. The Morgan fingerprint density at radius 1 is 1.19 bits per heavy atom. The summed E-state index contributed by atoms with van der Waals surface area (Å²) >= 11 is 0. The number of aromatic nitrogens is 3. The minimum absolute atomic E-state index is 0.0493. The Hall–Kier alpha value is -2.79. The van der Waals surface area contributed by atoms with Crippen LogP contribution in [0.1, 0.15) is 10.4 Å². The molecule has 21 heavy (non-hydrogen) atoms. The lowest BCUT2D eigenvalue weighted by Crippen LogP contribution is -2.10. The SMILES string of the molecule is O=C(O)c1ccc(Nc2ncnc(OS(=O)(=O)O)n2)cc1. The second-order valence-corrected chi connectivity index (χ2v) is 4.63. The van der Waals surface area contributed by atoms with E-state index in [1.54, 1.807) is 0 Å². The van der Waals surface area contributed by atoms with Crippen molar-refractivity contribution in [2.24, 2.45) is 0 Å². The summed E-state index contributed by atoms with van der Waals surface area (Å²) < 4.78 is 33.6. The first-order valence-corrected chi connectivity index (χ1v) is 6.66. The molecule has 1 heterocycles. The van der Waals surface area contributed by atoms with Gasteiger partial charge in [-0.15, -0.1) is 0 Å². The van der Waals surface area contributed by atoms with Crippen LogP contribution >= 0.6 is 0 Å². The van der Waals surface area contributed by atoms with Crippen molar-refractivity contribution in [3.8, 4) is 6.01 Å². The second kappa shape index (κ2) is 5.68. The van der Waals surface area contributed by atoms with Gasteiger partial charge < -0.3 is 14.6 Å². The highest BCUT2D eigenvalue weighted by Crippen LogP contribution is 2.15. The lowest BCUT2D eigenvalue weighted by atomic mass is 10.2. The first-order valence-electron chi connectivity index (χ1n) is 5.30. The molecular weight excluding hydrogens is 304 g/mol. The Labute approximate surface area is 118 Å². The minimum Gasteiger partial charge on any atom is -0.478 e. The fourth-order valence-corrected chi connectivity index (χ4v) is 1.57. The molecule has 0 bridgehead atoms. The molecule has 0 aliphatic rings. The summed E-state index contributed by atoms with van der Waals surface area (Å²) in [5.74, 6) is -1.11. The Kier molecular flexibility index (Phi) is 3.95. The molecule has 1 aromatic carbocycles. The van der Waals surface area contributed by atoms with Gasteiger partial charge in [-0.2, -0.15) is 18.4 Å². The van der Waals surface area contributed by atoms with Crippen molar-refractivity contribution >= 4 is 28.0 Å².